The smallest absolute Gasteiger partial charge is 0.303 e. The van der Waals surface area contributed by atoms with Gasteiger partial charge in [0.2, 0.25) is 12.1 Å². The Hall–Kier alpha value is -3.75. The minimum atomic E-state index is -2.12. The average molecular weight is 571 g/mol. The van der Waals surface area contributed by atoms with Crippen LogP contribution < -0.4 is 0 Å². The Balaban J connectivity index is 2.60. The van der Waals surface area contributed by atoms with Gasteiger partial charge in [-0.15, -0.1) is 0 Å². The zero-order valence-electron chi connectivity index (χ0n) is 22.4. The molecule has 0 spiro atoms. The second-order valence-corrected chi connectivity index (χ2v) is 8.37. The Bertz CT molecular complexity index is 1010. The molecule has 7 unspecified atom stereocenters. The van der Waals surface area contributed by atoms with Crippen LogP contribution in [0.4, 0.5) is 0 Å². The Labute approximate surface area is 230 Å². The molecule has 220 valence electrons. The van der Waals surface area contributed by atoms with Gasteiger partial charge in [-0.05, 0) is 13.3 Å². The molecule has 15 heteroatoms. The van der Waals surface area contributed by atoms with Crippen LogP contribution in [0.15, 0.2) is 0 Å². The molecule has 2 heterocycles. The lowest BCUT2D eigenvalue weighted by Gasteiger charge is -2.46. The summed E-state index contributed by atoms with van der Waals surface area (Å²) in [7, 11) is 0. The Morgan fingerprint density at radius 2 is 1.35 bits per heavy atom. The molecule has 2 saturated heterocycles. The van der Waals surface area contributed by atoms with Crippen LogP contribution in [0.1, 0.15) is 41.0 Å². The van der Waals surface area contributed by atoms with Crippen molar-refractivity contribution in [1.82, 2.24) is 0 Å². The highest BCUT2D eigenvalue weighted by molar-refractivity contribution is 5.67. The van der Waals surface area contributed by atoms with Gasteiger partial charge in [-0.1, -0.05) is 26.2 Å². The normalized spacial score (nSPS) is 32.9. The van der Waals surface area contributed by atoms with Crippen molar-refractivity contribution in [3.05, 3.63) is 0 Å². The van der Waals surface area contributed by atoms with Crippen LogP contribution in [0.2, 0.25) is 0 Å². The first-order chi connectivity index (χ1) is 19.0. The summed E-state index contributed by atoms with van der Waals surface area (Å²) in [5, 5.41) is 0. The zero-order chi connectivity index (χ0) is 29.9. The molecule has 0 aromatic carbocycles. The van der Waals surface area contributed by atoms with Gasteiger partial charge in [0, 0.05) is 20.8 Å². The highest BCUT2D eigenvalue weighted by Crippen LogP contribution is 2.41. The van der Waals surface area contributed by atoms with Gasteiger partial charge >= 0.3 is 17.9 Å². The number of carbonyl (C=O) groups excluding carboxylic acids is 3. The highest BCUT2D eigenvalue weighted by atomic mass is 17.2. The fourth-order valence-electron chi connectivity index (χ4n) is 4.22. The van der Waals surface area contributed by atoms with Crippen LogP contribution in [0.25, 0.3) is 0 Å². The lowest BCUT2D eigenvalue weighted by Crippen LogP contribution is -2.64. The van der Waals surface area contributed by atoms with E-state index in [2.05, 4.69) is 14.7 Å². The largest absolute Gasteiger partial charge is 0.455 e. The first-order valence-corrected chi connectivity index (χ1v) is 11.9. The first-order valence-electron chi connectivity index (χ1n) is 11.9. The summed E-state index contributed by atoms with van der Waals surface area (Å²) < 4.78 is 34.6. The third kappa shape index (κ3) is 8.13. The fraction of sp³-hybridized carbons (Fsp3) is 0.640. The number of terminal acetylenes is 3. The number of ether oxygens (including phenoxy) is 6. The molecule has 15 nitrogen and oxygen atoms in total. The van der Waals surface area contributed by atoms with Gasteiger partial charge in [0.15, 0.2) is 55.4 Å². The topological polar surface area (TPSA) is 162 Å². The maximum absolute atomic E-state index is 12.1. The molecule has 2 fully saturated rings. The summed E-state index contributed by atoms with van der Waals surface area (Å²) in [4.78, 5) is 65.5. The fourth-order valence-corrected chi connectivity index (χ4v) is 4.22. The van der Waals surface area contributed by atoms with E-state index >= 15 is 0 Å². The molecular weight excluding hydrogens is 540 g/mol. The van der Waals surface area contributed by atoms with E-state index in [9.17, 15) is 14.4 Å². The molecule has 0 N–H and O–H groups in total. The van der Waals surface area contributed by atoms with E-state index in [1.807, 2.05) is 12.2 Å². The van der Waals surface area contributed by atoms with Crippen LogP contribution in [-0.2, 0) is 72.1 Å². The third-order valence-electron chi connectivity index (χ3n) is 5.57. The average Bonchev–Trinajstić information content (AvgIpc) is 3.12. The number of rotatable bonds is 13. The van der Waals surface area contributed by atoms with E-state index in [0.29, 0.717) is 0 Å². The third-order valence-corrected chi connectivity index (χ3v) is 5.57. The Morgan fingerprint density at radius 1 is 0.800 bits per heavy atom. The first kappa shape index (κ1) is 32.5. The molecule has 0 radical (unpaired) electrons. The quantitative estimate of drug-likeness (QED) is 0.0746. The van der Waals surface area contributed by atoms with Crippen LogP contribution in [0.3, 0.4) is 0 Å². The van der Waals surface area contributed by atoms with E-state index in [1.54, 1.807) is 13.0 Å². The van der Waals surface area contributed by atoms with Gasteiger partial charge in [-0.25, -0.2) is 0 Å². The minimum absolute atomic E-state index is 0.235. The maximum atomic E-state index is 12.1. The lowest BCUT2D eigenvalue weighted by atomic mass is 9.96. The molecule has 40 heavy (non-hydrogen) atoms. The van der Waals surface area contributed by atoms with E-state index in [0.717, 1.165) is 20.8 Å². The van der Waals surface area contributed by atoms with Gasteiger partial charge < -0.3 is 28.4 Å². The summed E-state index contributed by atoms with van der Waals surface area (Å²) in [6, 6.07) is 0. The molecule has 2 aliphatic heterocycles. The predicted molar refractivity (Wildman–Crippen MR) is 125 cm³/mol. The van der Waals surface area contributed by atoms with Crippen LogP contribution >= 0.6 is 0 Å². The van der Waals surface area contributed by atoms with Gasteiger partial charge in [-0.2, -0.15) is 14.7 Å². The highest BCUT2D eigenvalue weighted by Gasteiger charge is 2.63. The second kappa shape index (κ2) is 15.1. The van der Waals surface area contributed by atoms with Crippen molar-refractivity contribution in [2.45, 2.75) is 95.8 Å². The molecular formula is C25H30O15. The standard InChI is InChI=1S/C25H30O15/c1-9-18-20(40-31-12-4)21(33-15(6)26)22(34-16(7)27)24(36-18)38-25(13-32-29-10-2)23(35-17(8)28)19(14(5)37-25)39-30-11-3/h2-4,14,18-24H,9,13H2,1,5-8H3/t14-,18?,19?,20-,21?,22?,23?,24?,25?/m0/s1. The molecule has 2 aliphatic rings. The van der Waals surface area contributed by atoms with Crippen molar-refractivity contribution in [1.29, 1.82) is 0 Å². The van der Waals surface area contributed by atoms with Gasteiger partial charge in [-0.3, -0.25) is 29.0 Å². The lowest BCUT2D eigenvalue weighted by molar-refractivity contribution is -0.419. The molecule has 0 amide bonds. The van der Waals surface area contributed by atoms with E-state index in [-0.39, 0.29) is 6.42 Å². The number of hydrogen-bond donors (Lipinski definition) is 0. The van der Waals surface area contributed by atoms with Gasteiger partial charge in [0.05, 0.1) is 12.2 Å². The Kier molecular flexibility index (Phi) is 12.3. The van der Waals surface area contributed by atoms with Crippen LogP contribution in [0.5, 0.6) is 0 Å². The SMILES string of the molecule is C#COOCC1(OC2OC(CC)[C@H](OOC#C)C(OC(C)=O)C2OC(C)=O)O[C@@H](C)C(OOC#C)C1OC(C)=O. The molecule has 9 atom stereocenters. The number of esters is 3. The molecule has 0 bridgehead atoms. The summed E-state index contributed by atoms with van der Waals surface area (Å²) in [5.41, 5.74) is 0. The molecule has 0 aliphatic carbocycles. The van der Waals surface area contributed by atoms with Crippen molar-refractivity contribution in [2.75, 3.05) is 6.61 Å². The predicted octanol–water partition coefficient (Wildman–Crippen LogP) is 0.402. The monoisotopic (exact) mass is 570 g/mol. The summed E-state index contributed by atoms with van der Waals surface area (Å²) in [6.07, 6.45) is 10.9. The van der Waals surface area contributed by atoms with Crippen LogP contribution in [-0.4, -0.2) is 79.3 Å². The van der Waals surface area contributed by atoms with E-state index < -0.39 is 79.3 Å². The summed E-state index contributed by atoms with van der Waals surface area (Å²) in [5.74, 6) is -4.48. The molecule has 0 aromatic heterocycles. The van der Waals surface area contributed by atoms with E-state index in [1.165, 1.54) is 6.92 Å². The zero-order valence-corrected chi connectivity index (χ0v) is 22.4. The maximum Gasteiger partial charge on any atom is 0.303 e. The minimum Gasteiger partial charge on any atom is -0.455 e. The van der Waals surface area contributed by atoms with Crippen LogP contribution in [0, 0.1) is 37.6 Å². The van der Waals surface area contributed by atoms with E-state index in [4.69, 9.17) is 62.4 Å². The molecule has 2 rings (SSSR count). The summed E-state index contributed by atoms with van der Waals surface area (Å²) in [6.45, 7) is 5.91. The summed E-state index contributed by atoms with van der Waals surface area (Å²) >= 11 is 0. The van der Waals surface area contributed by atoms with Crippen molar-refractivity contribution < 1.29 is 72.1 Å². The number of carbonyl (C=O) groups is 3. The number of hydrogen-bond acceptors (Lipinski definition) is 15. The van der Waals surface area contributed by atoms with Gasteiger partial charge in [0.25, 0.3) is 0 Å². The van der Waals surface area contributed by atoms with Crippen molar-refractivity contribution >= 4 is 17.9 Å². The van der Waals surface area contributed by atoms with Crippen molar-refractivity contribution in [3.8, 4) is 37.6 Å². The Morgan fingerprint density at radius 3 is 1.88 bits per heavy atom. The van der Waals surface area contributed by atoms with Crippen molar-refractivity contribution in [2.24, 2.45) is 0 Å². The van der Waals surface area contributed by atoms with Crippen molar-refractivity contribution in [3.63, 3.8) is 0 Å². The molecule has 0 aromatic rings. The second-order valence-electron chi connectivity index (χ2n) is 8.37. The van der Waals surface area contributed by atoms with Gasteiger partial charge in [0.1, 0.15) is 0 Å². The molecule has 0 saturated carbocycles.